The van der Waals surface area contributed by atoms with Crippen LogP contribution in [-0.2, 0) is 9.47 Å². The zero-order chi connectivity index (χ0) is 13.8. The fourth-order valence-corrected chi connectivity index (χ4v) is 2.98. The van der Waals surface area contributed by atoms with Gasteiger partial charge in [0.25, 0.3) is 0 Å². The second-order valence-corrected chi connectivity index (χ2v) is 4.88. The Kier molecular flexibility index (Phi) is 2.21. The summed E-state index contributed by atoms with van der Waals surface area (Å²) in [7, 11) is 0. The van der Waals surface area contributed by atoms with E-state index in [9.17, 15) is 15.8 Å². The molecule has 18 heavy (non-hydrogen) atoms. The second kappa shape index (κ2) is 3.22. The van der Waals surface area contributed by atoms with E-state index in [2.05, 4.69) is 0 Å². The van der Waals surface area contributed by atoms with Crippen molar-refractivity contribution in [3.63, 3.8) is 0 Å². The van der Waals surface area contributed by atoms with Crippen molar-refractivity contribution in [3.8, 4) is 18.2 Å². The van der Waals surface area contributed by atoms with Crippen molar-refractivity contribution >= 4 is 5.90 Å². The van der Waals surface area contributed by atoms with E-state index in [1.165, 1.54) is 0 Å². The third kappa shape index (κ3) is 0.929. The Bertz CT molecular complexity index is 538. The van der Waals surface area contributed by atoms with E-state index in [0.29, 0.717) is 0 Å². The van der Waals surface area contributed by atoms with Gasteiger partial charge in [-0.2, -0.15) is 15.8 Å². The summed E-state index contributed by atoms with van der Waals surface area (Å²) in [5.74, 6) is -2.21. The molecule has 6 heteroatoms. The molecule has 3 aliphatic heterocycles. The molecule has 3 aliphatic rings. The molecule has 1 N–H and O–H groups in total. The minimum Gasteiger partial charge on any atom is -0.448 e. The molecule has 0 unspecified atom stereocenters. The summed E-state index contributed by atoms with van der Waals surface area (Å²) in [4.78, 5) is 0. The maximum Gasteiger partial charge on any atom is 0.214 e. The van der Waals surface area contributed by atoms with Gasteiger partial charge in [0.1, 0.15) is 0 Å². The molecule has 0 spiro atoms. The van der Waals surface area contributed by atoms with Crippen LogP contribution in [0.5, 0.6) is 0 Å². The van der Waals surface area contributed by atoms with E-state index >= 15 is 0 Å². The first-order valence-electron chi connectivity index (χ1n) is 5.54. The van der Waals surface area contributed by atoms with E-state index in [1.54, 1.807) is 20.8 Å². The van der Waals surface area contributed by atoms with E-state index in [4.69, 9.17) is 14.9 Å². The van der Waals surface area contributed by atoms with Crippen LogP contribution in [0.25, 0.3) is 0 Å². The van der Waals surface area contributed by atoms with Gasteiger partial charge in [-0.25, -0.2) is 0 Å². The highest BCUT2D eigenvalue weighted by Gasteiger charge is 2.76. The average Bonchev–Trinajstić information content (AvgIpc) is 2.32. The molecule has 3 saturated heterocycles. The summed E-state index contributed by atoms with van der Waals surface area (Å²) in [6, 6.07) is 5.81. The summed E-state index contributed by atoms with van der Waals surface area (Å²) in [6.45, 7) is 4.82. The lowest BCUT2D eigenvalue weighted by atomic mass is 9.52. The number of hydrogen-bond acceptors (Lipinski definition) is 6. The summed E-state index contributed by atoms with van der Waals surface area (Å²) in [6.07, 6.45) is -0.746. The van der Waals surface area contributed by atoms with Gasteiger partial charge in [-0.15, -0.1) is 0 Å². The van der Waals surface area contributed by atoms with Crippen molar-refractivity contribution in [2.75, 3.05) is 0 Å². The predicted octanol–water partition coefficient (Wildman–Crippen LogP) is 1.31. The molecule has 3 fully saturated rings. The largest absolute Gasteiger partial charge is 0.448 e. The topological polar surface area (TPSA) is 114 Å². The third-order valence-electron chi connectivity index (χ3n) is 4.27. The van der Waals surface area contributed by atoms with Gasteiger partial charge in [0, 0.05) is 6.92 Å². The lowest BCUT2D eigenvalue weighted by molar-refractivity contribution is -0.331. The van der Waals surface area contributed by atoms with Crippen LogP contribution in [0, 0.1) is 56.2 Å². The maximum atomic E-state index is 9.45. The van der Waals surface area contributed by atoms with Crippen LogP contribution in [-0.4, -0.2) is 17.8 Å². The number of hydrogen-bond donors (Lipinski definition) is 1. The minimum atomic E-state index is -1.67. The summed E-state index contributed by atoms with van der Waals surface area (Å²) < 4.78 is 11.0. The lowest BCUT2D eigenvalue weighted by Gasteiger charge is -2.60. The van der Waals surface area contributed by atoms with E-state index in [0.717, 1.165) is 0 Å². The number of nitriles is 3. The van der Waals surface area contributed by atoms with Gasteiger partial charge in [0.15, 0.2) is 10.8 Å². The Hall–Kier alpha value is -2.10. The molecule has 2 bridgehead atoms. The van der Waals surface area contributed by atoms with Gasteiger partial charge in [-0.1, -0.05) is 6.92 Å². The third-order valence-corrected chi connectivity index (χ3v) is 4.27. The first-order chi connectivity index (χ1) is 8.34. The molecule has 6 nitrogen and oxygen atoms in total. The van der Waals surface area contributed by atoms with Gasteiger partial charge < -0.3 is 9.47 Å². The van der Waals surface area contributed by atoms with E-state index < -0.39 is 28.6 Å². The van der Waals surface area contributed by atoms with Crippen LogP contribution < -0.4 is 0 Å². The monoisotopic (exact) mass is 244 g/mol. The standard InChI is InChI=1S/C12H12N4O2/c1-7-10(3)17-8(2)12(6-15,9(16)18-10)11(7,4-13)5-14/h7-8,16H,1-3H3/t7-,8+,10-,12-/m1/s1. The van der Waals surface area contributed by atoms with Crippen molar-refractivity contribution in [1.82, 2.24) is 0 Å². The zero-order valence-corrected chi connectivity index (χ0v) is 10.3. The van der Waals surface area contributed by atoms with Crippen LogP contribution in [0.1, 0.15) is 20.8 Å². The minimum absolute atomic E-state index is 0.354. The number of fused-ring (bicyclic) bond motifs is 3. The van der Waals surface area contributed by atoms with Crippen LogP contribution in [0.2, 0.25) is 0 Å². The average molecular weight is 244 g/mol. The second-order valence-electron chi connectivity index (χ2n) is 4.88. The number of nitrogens with one attached hydrogen (secondary N) is 1. The molecule has 0 aromatic heterocycles. The molecule has 92 valence electrons. The maximum absolute atomic E-state index is 9.45. The fraction of sp³-hybridized carbons (Fsp3) is 0.667. The Labute approximate surface area is 105 Å². The van der Waals surface area contributed by atoms with Crippen molar-refractivity contribution < 1.29 is 9.47 Å². The predicted molar refractivity (Wildman–Crippen MR) is 58.6 cm³/mol. The number of ether oxygens (including phenoxy) is 2. The molecule has 0 saturated carbocycles. The highest BCUT2D eigenvalue weighted by atomic mass is 16.7. The van der Waals surface area contributed by atoms with Gasteiger partial charge in [-0.05, 0) is 6.92 Å². The Balaban J connectivity index is 2.82. The molecule has 0 aromatic rings. The van der Waals surface area contributed by atoms with Gasteiger partial charge >= 0.3 is 0 Å². The van der Waals surface area contributed by atoms with Crippen molar-refractivity contribution in [1.29, 1.82) is 21.2 Å². The number of nitrogens with zero attached hydrogens (tertiary/aromatic N) is 3. The van der Waals surface area contributed by atoms with Gasteiger partial charge in [0.05, 0.1) is 30.2 Å². The molecule has 0 aromatic carbocycles. The highest BCUT2D eigenvalue weighted by Crippen LogP contribution is 2.61. The normalized spacial score (nSPS) is 44.3. The van der Waals surface area contributed by atoms with Gasteiger partial charge in [0.2, 0.25) is 11.7 Å². The van der Waals surface area contributed by atoms with Crippen LogP contribution in [0.4, 0.5) is 0 Å². The number of rotatable bonds is 0. The van der Waals surface area contributed by atoms with Crippen LogP contribution >= 0.6 is 0 Å². The molecule has 4 atom stereocenters. The summed E-state index contributed by atoms with van der Waals surface area (Å²) in [5, 5.41) is 36.3. The highest BCUT2D eigenvalue weighted by molar-refractivity contribution is 5.88. The van der Waals surface area contributed by atoms with Crippen molar-refractivity contribution in [2.24, 2.45) is 16.7 Å². The fourth-order valence-electron chi connectivity index (χ4n) is 2.98. The smallest absolute Gasteiger partial charge is 0.214 e. The molecule has 0 amide bonds. The Morgan fingerprint density at radius 3 is 2.11 bits per heavy atom. The molecular weight excluding hydrogens is 232 g/mol. The molecule has 3 heterocycles. The lowest BCUT2D eigenvalue weighted by Crippen LogP contribution is -2.73. The SMILES string of the molecule is C[C@@H]1O[C@]2(C)OC(=N)[C@]1(C#N)C(C#N)(C#N)[C@@H]2C. The van der Waals surface area contributed by atoms with Crippen molar-refractivity contribution in [2.45, 2.75) is 32.7 Å². The van der Waals surface area contributed by atoms with Crippen molar-refractivity contribution in [3.05, 3.63) is 0 Å². The first-order valence-corrected chi connectivity index (χ1v) is 5.54. The molecule has 0 radical (unpaired) electrons. The first kappa shape index (κ1) is 12.4. The summed E-state index contributed by atoms with van der Waals surface area (Å²) in [5.41, 5.74) is -3.31. The Morgan fingerprint density at radius 2 is 1.72 bits per heavy atom. The van der Waals surface area contributed by atoms with Crippen LogP contribution in [0.15, 0.2) is 0 Å². The molecule has 3 rings (SSSR count). The Morgan fingerprint density at radius 1 is 1.17 bits per heavy atom. The molecular formula is C12H12N4O2. The van der Waals surface area contributed by atoms with Crippen LogP contribution in [0.3, 0.4) is 0 Å². The van der Waals surface area contributed by atoms with Gasteiger partial charge in [-0.3, -0.25) is 5.41 Å². The summed E-state index contributed by atoms with van der Waals surface area (Å²) >= 11 is 0. The quantitative estimate of drug-likeness (QED) is 0.689. The zero-order valence-electron chi connectivity index (χ0n) is 10.3. The van der Waals surface area contributed by atoms with E-state index in [1.807, 2.05) is 18.2 Å². The molecule has 0 aliphatic carbocycles. The van der Waals surface area contributed by atoms with E-state index in [-0.39, 0.29) is 5.90 Å².